The van der Waals surface area contributed by atoms with Crippen molar-refractivity contribution in [2.24, 2.45) is 17.2 Å². The van der Waals surface area contributed by atoms with E-state index < -0.39 is 17.7 Å². The Morgan fingerprint density at radius 2 is 0.947 bits per heavy atom. The van der Waals surface area contributed by atoms with Crippen LogP contribution in [0, 0.1) is 13.8 Å². The SMILES string of the molecule is COc1cc2ncc(C(N)=O)c(Nc3ccc(Br)cc3C)c2cc1OC.COc1cc2ncc(C(N)=O)c(Nc3ccc(Cl)cc3C)c2cc1OC.COc1ccc2ncc(C(N)=O)c(Nc3ccccc3SC)c2c1. The largest absolute Gasteiger partial charge is 0.497 e. The maximum absolute atomic E-state index is 12.0. The third-order valence-electron chi connectivity index (χ3n) is 11.9. The molecular formula is C56H53BrClN9O8S. The third kappa shape index (κ3) is 12.3. The summed E-state index contributed by atoms with van der Waals surface area (Å²) in [5.41, 5.74) is 25.9. The van der Waals surface area contributed by atoms with Crippen molar-refractivity contribution >= 4 is 124 Å². The molecule has 0 unspecified atom stereocenters. The molecule has 0 aliphatic carbocycles. The van der Waals surface area contributed by atoms with Gasteiger partial charge in [0.05, 0.1) is 91.5 Å². The highest BCUT2D eigenvalue weighted by Gasteiger charge is 2.20. The average molecular weight is 1130 g/mol. The van der Waals surface area contributed by atoms with E-state index in [1.54, 1.807) is 77.6 Å². The Hall–Kier alpha value is -8.52. The lowest BCUT2D eigenvalue weighted by molar-refractivity contribution is 0.0992. The van der Waals surface area contributed by atoms with Gasteiger partial charge < -0.3 is 56.8 Å². The standard InChI is InChI=1S/C19H18BrN3O3.C19H18ClN3O3.C18H17N3O2S/c2*1-10-6-11(20)4-5-14(10)23-18-12-7-16(25-2)17(26-3)8-15(12)22-9-13(18)19(21)24;1-23-11-7-8-14-12(9-11)17(13(10-20-14)18(19)22)21-15-5-3-4-6-16(15)24-2/h2*4-9H,1-3H3,(H2,21,24)(H,22,23);3-10H,1-2H3,(H2,19,22)(H,20,21). The summed E-state index contributed by atoms with van der Waals surface area (Å²) < 4.78 is 27.7. The van der Waals surface area contributed by atoms with E-state index >= 15 is 0 Å². The van der Waals surface area contributed by atoms with E-state index in [0.29, 0.717) is 83.8 Å². The fourth-order valence-electron chi connectivity index (χ4n) is 7.99. The molecule has 0 spiro atoms. The number of carbonyl (C=O) groups excluding carboxylic acids is 3. The fraction of sp³-hybridized carbons (Fsp3) is 0.143. The van der Waals surface area contributed by atoms with Crippen LogP contribution in [0.5, 0.6) is 28.7 Å². The summed E-state index contributed by atoms with van der Waals surface area (Å²) in [7, 11) is 7.82. The van der Waals surface area contributed by atoms with Crippen molar-refractivity contribution in [2.75, 3.05) is 57.8 Å². The predicted molar refractivity (Wildman–Crippen MR) is 307 cm³/mol. The summed E-state index contributed by atoms with van der Waals surface area (Å²) in [6, 6.07) is 31.8. The van der Waals surface area contributed by atoms with E-state index in [0.717, 1.165) is 48.5 Å². The summed E-state index contributed by atoms with van der Waals surface area (Å²) in [6.45, 7) is 3.90. The molecule has 76 heavy (non-hydrogen) atoms. The zero-order chi connectivity index (χ0) is 54.8. The van der Waals surface area contributed by atoms with Crippen LogP contribution in [-0.4, -0.2) is 74.5 Å². The number of rotatable bonds is 15. The minimum atomic E-state index is -0.580. The van der Waals surface area contributed by atoms with Crippen LogP contribution in [0.25, 0.3) is 32.7 Å². The molecule has 0 bridgehead atoms. The normalized spacial score (nSPS) is 10.6. The molecule has 390 valence electrons. The number of pyridine rings is 3. The zero-order valence-electron chi connectivity index (χ0n) is 42.6. The summed E-state index contributed by atoms with van der Waals surface area (Å²) in [5, 5.41) is 12.8. The van der Waals surface area contributed by atoms with Crippen LogP contribution in [0.3, 0.4) is 0 Å². The van der Waals surface area contributed by atoms with E-state index in [1.165, 1.54) is 18.6 Å². The van der Waals surface area contributed by atoms with Crippen molar-refractivity contribution in [1.82, 2.24) is 15.0 Å². The molecule has 6 aromatic carbocycles. The molecule has 3 heterocycles. The number of primary amides is 3. The predicted octanol–water partition coefficient (Wildman–Crippen LogP) is 12.0. The Morgan fingerprint density at radius 3 is 1.39 bits per heavy atom. The van der Waals surface area contributed by atoms with Crippen LogP contribution in [0.2, 0.25) is 5.02 Å². The first-order valence-electron chi connectivity index (χ1n) is 22.9. The number of carbonyl (C=O) groups is 3. The lowest BCUT2D eigenvalue weighted by Crippen LogP contribution is -2.14. The molecule has 0 aliphatic rings. The van der Waals surface area contributed by atoms with Gasteiger partial charge in [-0.3, -0.25) is 29.3 Å². The number of fused-ring (bicyclic) bond motifs is 3. The first-order valence-corrected chi connectivity index (χ1v) is 25.3. The molecule has 9 N–H and O–H groups in total. The number of nitrogens with zero attached hydrogens (tertiary/aromatic N) is 3. The van der Waals surface area contributed by atoms with E-state index in [4.69, 9.17) is 52.5 Å². The van der Waals surface area contributed by atoms with E-state index in [1.807, 2.05) is 92.9 Å². The fourth-order valence-corrected chi connectivity index (χ4v) is 9.24. The Morgan fingerprint density at radius 1 is 0.513 bits per heavy atom. The zero-order valence-corrected chi connectivity index (χ0v) is 45.7. The quantitative estimate of drug-likeness (QED) is 0.0522. The number of aromatic nitrogens is 3. The summed E-state index contributed by atoms with van der Waals surface area (Å²) >= 11 is 11.1. The Labute approximate surface area is 455 Å². The number of anilines is 6. The number of benzene rings is 6. The van der Waals surface area contributed by atoms with Gasteiger partial charge in [-0.25, -0.2) is 0 Å². The molecule has 3 amide bonds. The minimum absolute atomic E-state index is 0.277. The van der Waals surface area contributed by atoms with Crippen LogP contribution in [0.4, 0.5) is 34.1 Å². The van der Waals surface area contributed by atoms with Gasteiger partial charge in [0, 0.05) is 72.6 Å². The topological polar surface area (TPSA) is 250 Å². The molecule has 9 aromatic rings. The first kappa shape index (κ1) is 55.2. The number of nitrogens with one attached hydrogen (secondary N) is 3. The summed E-state index contributed by atoms with van der Waals surface area (Å²) in [5.74, 6) is 1.19. The molecule has 0 radical (unpaired) electrons. The van der Waals surface area contributed by atoms with Crippen molar-refractivity contribution in [3.63, 3.8) is 0 Å². The van der Waals surface area contributed by atoms with Crippen molar-refractivity contribution in [2.45, 2.75) is 18.7 Å². The number of thioether (sulfide) groups is 1. The number of amides is 3. The van der Waals surface area contributed by atoms with Gasteiger partial charge in [-0.2, -0.15) is 0 Å². The molecule has 0 aliphatic heterocycles. The maximum atomic E-state index is 12.0. The van der Waals surface area contributed by atoms with E-state index in [9.17, 15) is 14.4 Å². The number of hydrogen-bond donors (Lipinski definition) is 6. The Kier molecular flexibility index (Phi) is 17.9. The second kappa shape index (κ2) is 24.7. The molecule has 0 saturated heterocycles. The van der Waals surface area contributed by atoms with Crippen molar-refractivity contribution in [3.05, 3.63) is 159 Å². The molecule has 9 rings (SSSR count). The number of hydrogen-bond acceptors (Lipinski definition) is 15. The Bertz CT molecular complexity index is 3520. The lowest BCUT2D eigenvalue weighted by atomic mass is 10.1. The van der Waals surface area contributed by atoms with Crippen LogP contribution in [0.1, 0.15) is 42.2 Å². The van der Waals surface area contributed by atoms with Crippen molar-refractivity contribution in [3.8, 4) is 28.7 Å². The Balaban J connectivity index is 0.000000166. The highest BCUT2D eigenvalue weighted by Crippen LogP contribution is 2.40. The molecule has 0 saturated carbocycles. The lowest BCUT2D eigenvalue weighted by Gasteiger charge is -2.16. The number of halogens is 2. The van der Waals surface area contributed by atoms with Gasteiger partial charge in [-0.15, -0.1) is 11.8 Å². The minimum Gasteiger partial charge on any atom is -0.497 e. The van der Waals surface area contributed by atoms with Crippen LogP contribution in [0.15, 0.2) is 131 Å². The summed E-state index contributed by atoms with van der Waals surface area (Å²) in [6.07, 6.45) is 6.42. The first-order chi connectivity index (χ1) is 36.5. The molecular weight excluding hydrogens is 1070 g/mol. The second-order valence-corrected chi connectivity index (χ2v) is 18.8. The van der Waals surface area contributed by atoms with Gasteiger partial charge in [0.25, 0.3) is 17.7 Å². The average Bonchev–Trinajstić information content (AvgIpc) is 3.41. The van der Waals surface area contributed by atoms with Crippen molar-refractivity contribution < 1.29 is 38.1 Å². The van der Waals surface area contributed by atoms with Crippen molar-refractivity contribution in [1.29, 1.82) is 0 Å². The van der Waals surface area contributed by atoms with Crippen LogP contribution >= 0.6 is 39.3 Å². The number of ether oxygens (including phenoxy) is 5. The van der Waals surface area contributed by atoms with Gasteiger partial charge in [0.2, 0.25) is 0 Å². The molecule has 3 aromatic heterocycles. The number of para-hydroxylation sites is 1. The highest BCUT2D eigenvalue weighted by atomic mass is 79.9. The van der Waals surface area contributed by atoms with E-state index in [-0.39, 0.29) is 5.56 Å². The molecule has 17 nitrogen and oxygen atoms in total. The number of nitrogens with two attached hydrogens (primary N) is 3. The molecule has 20 heteroatoms. The maximum Gasteiger partial charge on any atom is 0.252 e. The monoisotopic (exact) mass is 1130 g/mol. The van der Waals surface area contributed by atoms with Gasteiger partial charge in [-0.05, 0) is 110 Å². The number of methoxy groups -OCH3 is 5. The van der Waals surface area contributed by atoms with Gasteiger partial charge >= 0.3 is 0 Å². The van der Waals surface area contributed by atoms with Crippen LogP contribution in [-0.2, 0) is 0 Å². The van der Waals surface area contributed by atoms with Crippen LogP contribution < -0.4 is 56.8 Å². The third-order valence-corrected chi connectivity index (χ3v) is 13.4. The van der Waals surface area contributed by atoms with Gasteiger partial charge in [0.15, 0.2) is 23.0 Å². The van der Waals surface area contributed by atoms with E-state index in [2.05, 4.69) is 46.8 Å². The smallest absolute Gasteiger partial charge is 0.252 e. The summed E-state index contributed by atoms with van der Waals surface area (Å²) in [4.78, 5) is 49.8. The van der Waals surface area contributed by atoms with Gasteiger partial charge in [0.1, 0.15) is 5.75 Å². The molecule has 0 atom stereocenters. The highest BCUT2D eigenvalue weighted by molar-refractivity contribution is 9.10. The number of aryl methyl sites for hydroxylation is 2. The second-order valence-electron chi connectivity index (χ2n) is 16.6. The molecule has 0 fully saturated rings. The van der Waals surface area contributed by atoms with Gasteiger partial charge in [-0.1, -0.05) is 39.7 Å².